The van der Waals surface area contributed by atoms with Crippen LogP contribution in [0.1, 0.15) is 17.2 Å². The molecular formula is C20H24O7Si. The number of cyclic esters (lactones) is 1. The largest absolute Gasteiger partial charge is 0.472 e. The SMILES string of the molecule is C[Si](C)(C)O[C@H](c1ccoc1)[C@H]1COC(=O)[C@]1(O)Cc1ccc2c(c1)OCO2. The average molecular weight is 404 g/mol. The quantitative estimate of drug-likeness (QED) is 0.585. The molecule has 2 aromatic rings. The zero-order valence-electron chi connectivity index (χ0n) is 16.1. The topological polar surface area (TPSA) is 87.4 Å². The van der Waals surface area contributed by atoms with E-state index in [1.54, 1.807) is 30.7 Å². The van der Waals surface area contributed by atoms with Crippen molar-refractivity contribution in [1.29, 1.82) is 0 Å². The molecule has 2 aliphatic heterocycles. The second kappa shape index (κ2) is 6.95. The Morgan fingerprint density at radius 1 is 1.21 bits per heavy atom. The molecule has 7 nitrogen and oxygen atoms in total. The molecule has 3 atom stereocenters. The molecule has 0 amide bonds. The highest BCUT2D eigenvalue weighted by Gasteiger charge is 2.55. The Bertz CT molecular complexity index is 858. The predicted molar refractivity (Wildman–Crippen MR) is 102 cm³/mol. The lowest BCUT2D eigenvalue weighted by molar-refractivity contribution is -0.155. The maximum atomic E-state index is 12.6. The van der Waals surface area contributed by atoms with E-state index in [9.17, 15) is 9.90 Å². The molecule has 3 heterocycles. The number of carbonyl (C=O) groups is 1. The molecule has 1 saturated heterocycles. The molecule has 1 aromatic carbocycles. The smallest absolute Gasteiger partial charge is 0.339 e. The van der Waals surface area contributed by atoms with Crippen LogP contribution in [0.25, 0.3) is 0 Å². The highest BCUT2D eigenvalue weighted by atomic mass is 28.4. The lowest BCUT2D eigenvalue weighted by Gasteiger charge is -2.35. The number of aliphatic hydroxyl groups is 1. The van der Waals surface area contributed by atoms with Crippen molar-refractivity contribution in [3.63, 3.8) is 0 Å². The zero-order valence-corrected chi connectivity index (χ0v) is 17.1. The Labute approximate surface area is 164 Å². The highest BCUT2D eigenvalue weighted by molar-refractivity contribution is 6.69. The number of esters is 1. The van der Waals surface area contributed by atoms with Gasteiger partial charge in [0.2, 0.25) is 6.79 Å². The van der Waals surface area contributed by atoms with E-state index >= 15 is 0 Å². The summed E-state index contributed by atoms with van der Waals surface area (Å²) in [5.74, 6) is 0.0611. The fraction of sp³-hybridized carbons (Fsp3) is 0.450. The minimum absolute atomic E-state index is 0.0835. The molecule has 2 aliphatic rings. The van der Waals surface area contributed by atoms with Crippen molar-refractivity contribution in [3.05, 3.63) is 47.9 Å². The van der Waals surface area contributed by atoms with Crippen LogP contribution in [-0.2, 0) is 20.4 Å². The number of hydrogen-bond donors (Lipinski definition) is 1. The Morgan fingerprint density at radius 2 is 2.00 bits per heavy atom. The van der Waals surface area contributed by atoms with Crippen LogP contribution in [0.4, 0.5) is 0 Å². The van der Waals surface area contributed by atoms with Crippen LogP contribution in [0.5, 0.6) is 11.5 Å². The van der Waals surface area contributed by atoms with Gasteiger partial charge in [0.25, 0.3) is 0 Å². The van der Waals surface area contributed by atoms with Crippen molar-refractivity contribution in [2.75, 3.05) is 13.4 Å². The number of fused-ring (bicyclic) bond motifs is 1. The monoisotopic (exact) mass is 404 g/mol. The van der Waals surface area contributed by atoms with E-state index in [0.29, 0.717) is 11.5 Å². The van der Waals surface area contributed by atoms with Crippen LogP contribution >= 0.6 is 0 Å². The van der Waals surface area contributed by atoms with Crippen molar-refractivity contribution < 1.29 is 33.0 Å². The van der Waals surface area contributed by atoms with Crippen LogP contribution in [-0.4, -0.2) is 38.4 Å². The molecule has 0 radical (unpaired) electrons. The summed E-state index contributed by atoms with van der Waals surface area (Å²) in [6, 6.07) is 7.19. The standard InChI is InChI=1S/C20H24O7Si/c1-28(2,3)27-18(14-6-7-23-10-14)15-11-24-19(21)20(15,22)9-13-4-5-16-17(8-13)26-12-25-16/h4-8,10,15,18,22H,9,11-12H2,1-3H3/t15-,18-,20+/m1/s1. The lowest BCUT2D eigenvalue weighted by atomic mass is 9.79. The molecule has 0 aliphatic carbocycles. The van der Waals surface area contributed by atoms with E-state index in [1.807, 2.05) is 6.07 Å². The Morgan fingerprint density at radius 3 is 2.71 bits per heavy atom. The van der Waals surface area contributed by atoms with Crippen LogP contribution in [0.3, 0.4) is 0 Å². The molecule has 0 saturated carbocycles. The van der Waals surface area contributed by atoms with E-state index in [1.165, 1.54) is 0 Å². The molecule has 0 unspecified atom stereocenters. The van der Waals surface area contributed by atoms with Gasteiger partial charge in [0.15, 0.2) is 25.4 Å². The van der Waals surface area contributed by atoms with Gasteiger partial charge in [-0.2, -0.15) is 0 Å². The molecule has 4 rings (SSSR count). The molecule has 1 aromatic heterocycles. The molecule has 8 heteroatoms. The van der Waals surface area contributed by atoms with Gasteiger partial charge in [-0.05, 0) is 43.4 Å². The normalized spacial score (nSPS) is 25.0. The van der Waals surface area contributed by atoms with Crippen LogP contribution < -0.4 is 9.47 Å². The Hall–Kier alpha value is -2.29. The Kier molecular flexibility index (Phi) is 4.72. The van der Waals surface area contributed by atoms with Gasteiger partial charge in [-0.15, -0.1) is 0 Å². The van der Waals surface area contributed by atoms with Gasteiger partial charge in [-0.1, -0.05) is 6.07 Å². The van der Waals surface area contributed by atoms with Gasteiger partial charge in [0, 0.05) is 12.0 Å². The van der Waals surface area contributed by atoms with Gasteiger partial charge < -0.3 is 28.2 Å². The summed E-state index contributed by atoms with van der Waals surface area (Å²) in [6.07, 6.45) is 2.74. The maximum Gasteiger partial charge on any atom is 0.339 e. The first-order valence-electron chi connectivity index (χ1n) is 9.24. The van der Waals surface area contributed by atoms with Crippen molar-refractivity contribution in [2.45, 2.75) is 37.8 Å². The number of ether oxygens (including phenoxy) is 3. The number of furan rings is 1. The van der Waals surface area contributed by atoms with Gasteiger partial charge in [-0.25, -0.2) is 4.79 Å². The summed E-state index contributed by atoms with van der Waals surface area (Å²) < 4.78 is 27.6. The number of rotatable bonds is 6. The third-order valence-corrected chi connectivity index (χ3v) is 5.95. The lowest BCUT2D eigenvalue weighted by Crippen LogP contribution is -2.47. The van der Waals surface area contributed by atoms with Gasteiger partial charge in [0.1, 0.15) is 6.61 Å². The minimum atomic E-state index is -1.99. The molecule has 1 fully saturated rings. The minimum Gasteiger partial charge on any atom is -0.472 e. The van der Waals surface area contributed by atoms with E-state index in [0.717, 1.165) is 11.1 Å². The Balaban J connectivity index is 1.66. The zero-order chi connectivity index (χ0) is 19.9. The number of benzene rings is 1. The first kappa shape index (κ1) is 19.0. The fourth-order valence-electron chi connectivity index (χ4n) is 3.68. The molecule has 0 spiro atoms. The molecular weight excluding hydrogens is 380 g/mol. The maximum absolute atomic E-state index is 12.6. The first-order chi connectivity index (χ1) is 13.3. The summed E-state index contributed by atoms with van der Waals surface area (Å²) in [6.45, 7) is 6.44. The van der Waals surface area contributed by atoms with Crippen LogP contribution in [0.2, 0.25) is 19.6 Å². The van der Waals surface area contributed by atoms with Crippen molar-refractivity contribution in [2.24, 2.45) is 5.92 Å². The third kappa shape index (κ3) is 3.55. The van der Waals surface area contributed by atoms with Crippen LogP contribution in [0, 0.1) is 5.92 Å². The summed E-state index contributed by atoms with van der Waals surface area (Å²) >= 11 is 0. The predicted octanol–water partition coefficient (Wildman–Crippen LogP) is 3.05. The van der Waals surface area contributed by atoms with Crippen molar-refractivity contribution >= 4 is 14.3 Å². The van der Waals surface area contributed by atoms with Gasteiger partial charge >= 0.3 is 5.97 Å². The van der Waals surface area contributed by atoms with Gasteiger partial charge in [0.05, 0.1) is 24.5 Å². The summed E-state index contributed by atoms with van der Waals surface area (Å²) in [7, 11) is -1.99. The second-order valence-corrected chi connectivity index (χ2v) is 12.7. The fourth-order valence-corrected chi connectivity index (χ4v) is 4.75. The first-order valence-corrected chi connectivity index (χ1v) is 12.7. The third-order valence-electron chi connectivity index (χ3n) is 4.99. The molecule has 28 heavy (non-hydrogen) atoms. The average Bonchev–Trinajstić information content (AvgIpc) is 3.34. The molecule has 0 bridgehead atoms. The van der Waals surface area contributed by atoms with Crippen molar-refractivity contribution in [1.82, 2.24) is 0 Å². The van der Waals surface area contributed by atoms with E-state index in [-0.39, 0.29) is 19.8 Å². The van der Waals surface area contributed by atoms with Crippen LogP contribution in [0.15, 0.2) is 41.2 Å². The molecule has 150 valence electrons. The van der Waals surface area contributed by atoms with E-state index in [2.05, 4.69) is 19.6 Å². The van der Waals surface area contributed by atoms with E-state index in [4.69, 9.17) is 23.1 Å². The van der Waals surface area contributed by atoms with E-state index < -0.39 is 31.9 Å². The summed E-state index contributed by atoms with van der Waals surface area (Å²) in [4.78, 5) is 12.6. The highest BCUT2D eigenvalue weighted by Crippen LogP contribution is 2.43. The number of carbonyl (C=O) groups excluding carboxylic acids is 1. The summed E-state index contributed by atoms with van der Waals surface area (Å²) in [5, 5.41) is 11.4. The second-order valence-electron chi connectivity index (χ2n) is 8.20. The summed E-state index contributed by atoms with van der Waals surface area (Å²) in [5.41, 5.74) is -0.167. The van der Waals surface area contributed by atoms with Gasteiger partial charge in [-0.3, -0.25) is 0 Å². The van der Waals surface area contributed by atoms with Crippen molar-refractivity contribution in [3.8, 4) is 11.5 Å². The molecule has 1 N–H and O–H groups in total. The number of hydrogen-bond acceptors (Lipinski definition) is 7.